The van der Waals surface area contributed by atoms with Crippen molar-refractivity contribution in [3.63, 3.8) is 0 Å². The van der Waals surface area contributed by atoms with Gasteiger partial charge in [0.15, 0.2) is 0 Å². The maximum absolute atomic E-state index is 11.7. The average molecular weight is 225 g/mol. The Labute approximate surface area is 97.8 Å². The minimum Gasteiger partial charge on any atom is -0.358 e. The van der Waals surface area contributed by atoms with Gasteiger partial charge in [-0.05, 0) is 37.8 Å². The maximum atomic E-state index is 11.7. The lowest BCUT2D eigenvalue weighted by Crippen LogP contribution is -2.46. The van der Waals surface area contributed by atoms with Crippen LogP contribution >= 0.6 is 0 Å². The molecule has 2 fully saturated rings. The third-order valence-corrected chi connectivity index (χ3v) is 3.95. The SMILES string of the molecule is CNC(=O)C1CCCN1CC1(C)CCNC1. The van der Waals surface area contributed by atoms with Crippen LogP contribution in [-0.2, 0) is 4.79 Å². The van der Waals surface area contributed by atoms with Crippen LogP contribution in [0.1, 0.15) is 26.2 Å². The zero-order valence-electron chi connectivity index (χ0n) is 10.4. The van der Waals surface area contributed by atoms with Gasteiger partial charge in [-0.2, -0.15) is 0 Å². The summed E-state index contributed by atoms with van der Waals surface area (Å²) in [5.74, 6) is 0.187. The summed E-state index contributed by atoms with van der Waals surface area (Å²) in [6.45, 7) is 6.66. The van der Waals surface area contributed by atoms with Gasteiger partial charge in [0.1, 0.15) is 0 Å². The van der Waals surface area contributed by atoms with E-state index in [1.54, 1.807) is 7.05 Å². The fourth-order valence-corrected chi connectivity index (χ4v) is 2.97. The third-order valence-electron chi connectivity index (χ3n) is 3.95. The number of likely N-dealkylation sites (tertiary alicyclic amines) is 1. The van der Waals surface area contributed by atoms with Crippen molar-refractivity contribution >= 4 is 5.91 Å². The monoisotopic (exact) mass is 225 g/mol. The van der Waals surface area contributed by atoms with E-state index in [0.717, 1.165) is 39.0 Å². The van der Waals surface area contributed by atoms with E-state index in [1.807, 2.05) is 0 Å². The molecule has 2 aliphatic heterocycles. The molecule has 2 N–H and O–H groups in total. The minimum atomic E-state index is 0.113. The van der Waals surface area contributed by atoms with Gasteiger partial charge in [0.2, 0.25) is 5.91 Å². The lowest BCUT2D eigenvalue weighted by atomic mass is 9.89. The molecule has 2 aliphatic rings. The molecule has 1 amide bonds. The Balaban J connectivity index is 1.95. The van der Waals surface area contributed by atoms with E-state index in [-0.39, 0.29) is 11.9 Å². The Morgan fingerprint density at radius 1 is 1.62 bits per heavy atom. The second-order valence-electron chi connectivity index (χ2n) is 5.48. The quantitative estimate of drug-likeness (QED) is 0.721. The zero-order chi connectivity index (χ0) is 11.6. The van der Waals surface area contributed by atoms with Crippen LogP contribution in [-0.4, -0.2) is 50.1 Å². The van der Waals surface area contributed by atoms with E-state index in [2.05, 4.69) is 22.5 Å². The highest BCUT2D eigenvalue weighted by Crippen LogP contribution is 2.29. The van der Waals surface area contributed by atoms with Gasteiger partial charge in [-0.25, -0.2) is 0 Å². The summed E-state index contributed by atoms with van der Waals surface area (Å²) in [5, 5.41) is 6.20. The van der Waals surface area contributed by atoms with Crippen LogP contribution in [0.2, 0.25) is 0 Å². The highest BCUT2D eigenvalue weighted by molar-refractivity contribution is 5.81. The molecule has 0 aromatic heterocycles. The Morgan fingerprint density at radius 2 is 2.44 bits per heavy atom. The molecule has 4 nitrogen and oxygen atoms in total. The van der Waals surface area contributed by atoms with Crippen molar-refractivity contribution in [1.29, 1.82) is 0 Å². The molecule has 2 rings (SSSR count). The Morgan fingerprint density at radius 3 is 3.06 bits per heavy atom. The smallest absolute Gasteiger partial charge is 0.237 e. The molecule has 0 aliphatic carbocycles. The molecule has 0 spiro atoms. The first kappa shape index (κ1) is 11.9. The van der Waals surface area contributed by atoms with E-state index in [9.17, 15) is 4.79 Å². The minimum absolute atomic E-state index is 0.113. The Bertz CT molecular complexity index is 261. The molecule has 4 heteroatoms. The van der Waals surface area contributed by atoms with E-state index < -0.39 is 0 Å². The van der Waals surface area contributed by atoms with Crippen molar-refractivity contribution < 1.29 is 4.79 Å². The van der Waals surface area contributed by atoms with Crippen molar-refractivity contribution in [2.45, 2.75) is 32.2 Å². The highest BCUT2D eigenvalue weighted by atomic mass is 16.2. The van der Waals surface area contributed by atoms with Gasteiger partial charge in [0, 0.05) is 20.1 Å². The van der Waals surface area contributed by atoms with Gasteiger partial charge >= 0.3 is 0 Å². The summed E-state index contributed by atoms with van der Waals surface area (Å²) < 4.78 is 0. The van der Waals surface area contributed by atoms with E-state index in [0.29, 0.717) is 5.41 Å². The molecule has 2 unspecified atom stereocenters. The average Bonchev–Trinajstić information content (AvgIpc) is 2.87. The molecule has 0 aromatic rings. The number of nitrogens with one attached hydrogen (secondary N) is 2. The Kier molecular flexibility index (Phi) is 3.50. The third kappa shape index (κ3) is 2.38. The standard InChI is InChI=1S/C12H23N3O/c1-12(5-6-14-8-12)9-15-7-3-4-10(15)11(16)13-2/h10,14H,3-9H2,1-2H3,(H,13,16). The maximum Gasteiger partial charge on any atom is 0.237 e. The second kappa shape index (κ2) is 4.72. The van der Waals surface area contributed by atoms with Crippen LogP contribution in [0, 0.1) is 5.41 Å². The summed E-state index contributed by atoms with van der Waals surface area (Å²) in [5.41, 5.74) is 0.358. The molecule has 0 bridgehead atoms. The van der Waals surface area contributed by atoms with Crippen LogP contribution in [0.3, 0.4) is 0 Å². The van der Waals surface area contributed by atoms with Crippen molar-refractivity contribution in [2.24, 2.45) is 5.41 Å². The van der Waals surface area contributed by atoms with Crippen LogP contribution in [0.4, 0.5) is 0 Å². The first-order valence-electron chi connectivity index (χ1n) is 6.31. The summed E-state index contributed by atoms with van der Waals surface area (Å²) in [6, 6.07) is 0.113. The molecule has 0 aromatic carbocycles. The molecule has 2 heterocycles. The fourth-order valence-electron chi connectivity index (χ4n) is 2.97. The van der Waals surface area contributed by atoms with Gasteiger partial charge in [0.05, 0.1) is 6.04 Å². The predicted octanol–water partition coefficient (Wildman–Crippen LogP) is 0.196. The topological polar surface area (TPSA) is 44.4 Å². The van der Waals surface area contributed by atoms with E-state index >= 15 is 0 Å². The highest BCUT2D eigenvalue weighted by Gasteiger charge is 2.37. The summed E-state index contributed by atoms with van der Waals surface area (Å²) in [6.07, 6.45) is 3.40. The van der Waals surface area contributed by atoms with Crippen molar-refractivity contribution in [1.82, 2.24) is 15.5 Å². The number of rotatable bonds is 3. The summed E-state index contributed by atoms with van der Waals surface area (Å²) in [7, 11) is 1.73. The van der Waals surface area contributed by atoms with E-state index in [4.69, 9.17) is 0 Å². The van der Waals surface area contributed by atoms with Gasteiger partial charge in [-0.1, -0.05) is 6.92 Å². The molecule has 2 atom stereocenters. The number of amides is 1. The van der Waals surface area contributed by atoms with Gasteiger partial charge < -0.3 is 10.6 Å². The number of nitrogens with zero attached hydrogens (tertiary/aromatic N) is 1. The lowest BCUT2D eigenvalue weighted by Gasteiger charge is -2.32. The van der Waals surface area contributed by atoms with E-state index in [1.165, 1.54) is 6.42 Å². The second-order valence-corrected chi connectivity index (χ2v) is 5.48. The number of likely N-dealkylation sites (N-methyl/N-ethyl adjacent to an activating group) is 1. The zero-order valence-corrected chi connectivity index (χ0v) is 10.4. The number of carbonyl (C=O) groups is 1. The first-order valence-corrected chi connectivity index (χ1v) is 6.31. The first-order chi connectivity index (χ1) is 7.64. The number of hydrogen-bond donors (Lipinski definition) is 2. The Hall–Kier alpha value is -0.610. The molecule has 0 radical (unpaired) electrons. The predicted molar refractivity (Wildman–Crippen MR) is 64.3 cm³/mol. The van der Waals surface area contributed by atoms with Gasteiger partial charge in [-0.3, -0.25) is 9.69 Å². The molecular weight excluding hydrogens is 202 g/mol. The van der Waals surface area contributed by atoms with Crippen LogP contribution < -0.4 is 10.6 Å². The van der Waals surface area contributed by atoms with Crippen LogP contribution in [0.25, 0.3) is 0 Å². The molecule has 16 heavy (non-hydrogen) atoms. The van der Waals surface area contributed by atoms with Gasteiger partial charge in [0.25, 0.3) is 0 Å². The lowest BCUT2D eigenvalue weighted by molar-refractivity contribution is -0.125. The summed E-state index contributed by atoms with van der Waals surface area (Å²) in [4.78, 5) is 14.1. The van der Waals surface area contributed by atoms with Gasteiger partial charge in [-0.15, -0.1) is 0 Å². The van der Waals surface area contributed by atoms with Crippen molar-refractivity contribution in [3.05, 3.63) is 0 Å². The number of hydrogen-bond acceptors (Lipinski definition) is 3. The molecule has 0 saturated carbocycles. The van der Waals surface area contributed by atoms with Crippen LogP contribution in [0.15, 0.2) is 0 Å². The number of carbonyl (C=O) groups excluding carboxylic acids is 1. The van der Waals surface area contributed by atoms with Crippen molar-refractivity contribution in [2.75, 3.05) is 33.2 Å². The van der Waals surface area contributed by atoms with Crippen LogP contribution in [0.5, 0.6) is 0 Å². The summed E-state index contributed by atoms with van der Waals surface area (Å²) >= 11 is 0. The molecule has 92 valence electrons. The fraction of sp³-hybridized carbons (Fsp3) is 0.917. The normalized spacial score (nSPS) is 35.5. The largest absolute Gasteiger partial charge is 0.358 e. The molecule has 2 saturated heterocycles. The molecular formula is C12H23N3O. The van der Waals surface area contributed by atoms with Crippen molar-refractivity contribution in [3.8, 4) is 0 Å².